The third-order valence-electron chi connectivity index (χ3n) is 7.64. The minimum Gasteiger partial charge on any atom is -0.463 e. The number of amides is 1. The molecule has 0 aliphatic carbocycles. The summed E-state index contributed by atoms with van der Waals surface area (Å²) >= 11 is 0. The van der Waals surface area contributed by atoms with Crippen LogP contribution in [0.25, 0.3) is 0 Å². The van der Waals surface area contributed by atoms with Gasteiger partial charge in [-0.1, -0.05) is 73.1 Å². The van der Waals surface area contributed by atoms with Crippen molar-refractivity contribution >= 4 is 20.0 Å². The molecule has 0 aliphatic heterocycles. The summed E-state index contributed by atoms with van der Waals surface area (Å²) in [6.07, 6.45) is 3.34. The standard InChI is InChI=1S/C27H56N2O4Si/c1-21(2)19-24(25(30)33-17-16-32-8)20-27(7,22(3)4)26(31)29-15-11-13-28-14-12-18-34(9,10)23(5)6/h21-24,28H,11-20H2,1-10H3,(H,29,31). The molecule has 0 radical (unpaired) electrons. The quantitative estimate of drug-likeness (QED) is 0.139. The van der Waals surface area contributed by atoms with E-state index in [0.717, 1.165) is 25.1 Å². The van der Waals surface area contributed by atoms with Gasteiger partial charge in [0, 0.05) is 27.1 Å². The highest BCUT2D eigenvalue weighted by Crippen LogP contribution is 2.37. The largest absolute Gasteiger partial charge is 0.463 e. The molecule has 2 unspecified atom stereocenters. The smallest absolute Gasteiger partial charge is 0.309 e. The number of hydrogen-bond donors (Lipinski definition) is 2. The molecule has 1 amide bonds. The number of ether oxygens (including phenoxy) is 2. The number of nitrogens with one attached hydrogen (secondary N) is 2. The molecule has 0 heterocycles. The molecule has 0 bridgehead atoms. The Hall–Kier alpha value is -0.923. The Morgan fingerprint density at radius 1 is 0.941 bits per heavy atom. The van der Waals surface area contributed by atoms with Crippen LogP contribution in [0.1, 0.15) is 74.1 Å². The molecular weight excluding hydrogens is 444 g/mol. The molecule has 0 aromatic rings. The highest BCUT2D eigenvalue weighted by molar-refractivity contribution is 6.78. The van der Waals surface area contributed by atoms with Gasteiger partial charge in [0.25, 0.3) is 0 Å². The maximum absolute atomic E-state index is 13.2. The zero-order valence-corrected chi connectivity index (χ0v) is 25.0. The summed E-state index contributed by atoms with van der Waals surface area (Å²) in [6, 6.07) is 1.35. The summed E-state index contributed by atoms with van der Waals surface area (Å²) in [5.74, 6) is -0.0286. The molecule has 202 valence electrons. The number of rotatable bonds is 19. The van der Waals surface area contributed by atoms with E-state index < -0.39 is 13.5 Å². The van der Waals surface area contributed by atoms with Gasteiger partial charge < -0.3 is 20.1 Å². The van der Waals surface area contributed by atoms with Crippen molar-refractivity contribution in [2.24, 2.45) is 23.2 Å². The second-order valence-corrected chi connectivity index (χ2v) is 17.5. The molecule has 0 aromatic heterocycles. The Labute approximate surface area is 211 Å². The predicted molar refractivity (Wildman–Crippen MR) is 146 cm³/mol. The number of carbonyl (C=O) groups is 2. The molecular formula is C27H56N2O4Si. The van der Waals surface area contributed by atoms with Crippen molar-refractivity contribution in [3.05, 3.63) is 0 Å². The van der Waals surface area contributed by atoms with Gasteiger partial charge in [-0.15, -0.1) is 0 Å². The van der Waals surface area contributed by atoms with E-state index in [1.807, 2.05) is 6.92 Å². The summed E-state index contributed by atoms with van der Waals surface area (Å²) in [7, 11) is 0.507. The van der Waals surface area contributed by atoms with Gasteiger partial charge in [-0.2, -0.15) is 0 Å². The average molecular weight is 501 g/mol. The first kappa shape index (κ1) is 33.1. The fourth-order valence-electron chi connectivity index (χ4n) is 3.98. The van der Waals surface area contributed by atoms with E-state index in [2.05, 4.69) is 65.3 Å². The van der Waals surface area contributed by atoms with Gasteiger partial charge >= 0.3 is 5.97 Å². The fourth-order valence-corrected chi connectivity index (χ4v) is 5.64. The van der Waals surface area contributed by atoms with Crippen LogP contribution in [0, 0.1) is 23.2 Å². The monoisotopic (exact) mass is 500 g/mol. The van der Waals surface area contributed by atoms with Crippen LogP contribution in [-0.4, -0.2) is 59.9 Å². The number of carbonyl (C=O) groups excluding carboxylic acids is 2. The normalized spacial score (nSPS) is 15.0. The first-order valence-electron chi connectivity index (χ1n) is 13.4. The molecule has 0 fully saturated rings. The summed E-state index contributed by atoms with van der Waals surface area (Å²) < 4.78 is 10.4. The molecule has 2 N–H and O–H groups in total. The molecule has 6 nitrogen and oxygen atoms in total. The van der Waals surface area contributed by atoms with Gasteiger partial charge in [0.05, 0.1) is 12.5 Å². The van der Waals surface area contributed by atoms with Crippen molar-refractivity contribution in [1.82, 2.24) is 10.6 Å². The lowest BCUT2D eigenvalue weighted by molar-refractivity contribution is -0.153. The van der Waals surface area contributed by atoms with Crippen LogP contribution in [0.5, 0.6) is 0 Å². The average Bonchev–Trinajstić information content (AvgIpc) is 2.74. The van der Waals surface area contributed by atoms with E-state index >= 15 is 0 Å². The summed E-state index contributed by atoms with van der Waals surface area (Å²) in [5, 5.41) is 6.67. The van der Waals surface area contributed by atoms with Gasteiger partial charge in [-0.25, -0.2) is 0 Å². The maximum Gasteiger partial charge on any atom is 0.309 e. The number of hydrogen-bond acceptors (Lipinski definition) is 5. The topological polar surface area (TPSA) is 76.7 Å². The zero-order valence-electron chi connectivity index (χ0n) is 24.0. The van der Waals surface area contributed by atoms with E-state index in [4.69, 9.17) is 9.47 Å². The van der Waals surface area contributed by atoms with E-state index in [-0.39, 0.29) is 30.3 Å². The summed E-state index contributed by atoms with van der Waals surface area (Å²) in [6.45, 7) is 23.2. The first-order chi connectivity index (χ1) is 15.8. The molecule has 0 aromatic carbocycles. The Kier molecular flexibility index (Phi) is 16.2. The molecule has 2 atom stereocenters. The summed E-state index contributed by atoms with van der Waals surface area (Å²) in [4.78, 5) is 26.0. The van der Waals surface area contributed by atoms with Crippen LogP contribution in [0.2, 0.25) is 24.7 Å². The van der Waals surface area contributed by atoms with Gasteiger partial charge in [0.1, 0.15) is 6.61 Å². The lowest BCUT2D eigenvalue weighted by atomic mass is 9.70. The van der Waals surface area contributed by atoms with Crippen LogP contribution in [0.4, 0.5) is 0 Å². The van der Waals surface area contributed by atoms with Gasteiger partial charge in [-0.05, 0) is 50.6 Å². The third kappa shape index (κ3) is 12.7. The third-order valence-corrected chi connectivity index (χ3v) is 12.4. The Morgan fingerprint density at radius 3 is 2.09 bits per heavy atom. The Morgan fingerprint density at radius 2 is 1.56 bits per heavy atom. The van der Waals surface area contributed by atoms with Crippen LogP contribution in [-0.2, 0) is 19.1 Å². The Bertz CT molecular complexity index is 581. The van der Waals surface area contributed by atoms with Crippen molar-refractivity contribution in [3.8, 4) is 0 Å². The zero-order chi connectivity index (χ0) is 26.4. The number of esters is 1. The second-order valence-electron chi connectivity index (χ2n) is 11.9. The van der Waals surface area contributed by atoms with E-state index in [9.17, 15) is 9.59 Å². The van der Waals surface area contributed by atoms with Crippen LogP contribution in [0.15, 0.2) is 0 Å². The Balaban J connectivity index is 4.67. The van der Waals surface area contributed by atoms with Gasteiger partial charge in [-0.3, -0.25) is 9.59 Å². The SMILES string of the molecule is COCCOC(=O)C(CC(C)C)CC(C)(C(=O)NCCCNCCC[Si](C)(C)C(C)C)C(C)C. The molecule has 0 aliphatic rings. The van der Waals surface area contributed by atoms with E-state index in [1.54, 1.807) is 7.11 Å². The highest BCUT2D eigenvalue weighted by atomic mass is 28.3. The van der Waals surface area contributed by atoms with Crippen molar-refractivity contribution in [2.75, 3.05) is 40.0 Å². The molecule has 0 saturated heterocycles. The second kappa shape index (κ2) is 16.7. The lowest BCUT2D eigenvalue weighted by Gasteiger charge is -2.35. The van der Waals surface area contributed by atoms with Crippen molar-refractivity contribution in [3.63, 3.8) is 0 Å². The van der Waals surface area contributed by atoms with Gasteiger partial charge in [0.2, 0.25) is 5.91 Å². The number of methoxy groups -OCH3 is 1. The van der Waals surface area contributed by atoms with Crippen LogP contribution < -0.4 is 10.6 Å². The first-order valence-corrected chi connectivity index (χ1v) is 16.7. The molecule has 0 rings (SSSR count). The highest BCUT2D eigenvalue weighted by Gasteiger charge is 2.41. The van der Waals surface area contributed by atoms with Crippen molar-refractivity contribution in [2.45, 2.75) is 98.8 Å². The maximum atomic E-state index is 13.2. The minimum absolute atomic E-state index is 0.0330. The van der Waals surface area contributed by atoms with Crippen LogP contribution >= 0.6 is 0 Å². The molecule has 0 spiro atoms. The predicted octanol–water partition coefficient (Wildman–Crippen LogP) is 5.50. The minimum atomic E-state index is -1.08. The molecule has 7 heteroatoms. The van der Waals surface area contributed by atoms with Crippen LogP contribution in [0.3, 0.4) is 0 Å². The molecule has 0 saturated carbocycles. The van der Waals surface area contributed by atoms with Gasteiger partial charge in [0.15, 0.2) is 0 Å². The molecule has 34 heavy (non-hydrogen) atoms. The van der Waals surface area contributed by atoms with E-state index in [0.29, 0.717) is 31.9 Å². The fraction of sp³-hybridized carbons (Fsp3) is 0.926. The van der Waals surface area contributed by atoms with Crippen molar-refractivity contribution in [1.29, 1.82) is 0 Å². The van der Waals surface area contributed by atoms with E-state index in [1.165, 1.54) is 12.5 Å². The van der Waals surface area contributed by atoms with Crippen molar-refractivity contribution < 1.29 is 19.1 Å². The summed E-state index contributed by atoms with van der Waals surface area (Å²) in [5.41, 5.74) is 0.200. The lowest BCUT2D eigenvalue weighted by Crippen LogP contribution is -2.45.